The lowest BCUT2D eigenvalue weighted by Gasteiger charge is -2.30. The number of urea groups is 2. The van der Waals surface area contributed by atoms with Gasteiger partial charge in [0.05, 0.1) is 24.3 Å². The maximum atomic E-state index is 12.6. The summed E-state index contributed by atoms with van der Waals surface area (Å²) in [4.78, 5) is 28.5. The Morgan fingerprint density at radius 2 is 1.44 bits per heavy atom. The summed E-state index contributed by atoms with van der Waals surface area (Å²) >= 11 is 0. The second-order valence-electron chi connectivity index (χ2n) is 8.33. The minimum atomic E-state index is -0.356. The van der Waals surface area contributed by atoms with E-state index in [2.05, 4.69) is 10.6 Å². The van der Waals surface area contributed by atoms with E-state index in [1.807, 2.05) is 46.8 Å². The zero-order chi connectivity index (χ0) is 19.8. The molecule has 0 aromatic heterocycles. The predicted octanol–water partition coefficient (Wildman–Crippen LogP) is 3.20. The largest absolute Gasteiger partial charge is 0.359 e. The molecule has 0 saturated carbocycles. The summed E-state index contributed by atoms with van der Waals surface area (Å²) in [5, 5.41) is 5.81. The number of hydrogen-bond acceptors (Lipinski definition) is 4. The van der Waals surface area contributed by atoms with Crippen molar-refractivity contribution in [1.29, 1.82) is 0 Å². The fourth-order valence-corrected chi connectivity index (χ4v) is 3.15. The molecular formula is C19H28N4O4. The van der Waals surface area contributed by atoms with Crippen LogP contribution in [0.15, 0.2) is 18.2 Å². The molecule has 1 aromatic rings. The van der Waals surface area contributed by atoms with E-state index in [0.29, 0.717) is 24.6 Å². The van der Waals surface area contributed by atoms with E-state index in [-0.39, 0.29) is 36.6 Å². The van der Waals surface area contributed by atoms with Gasteiger partial charge in [-0.1, -0.05) is 6.07 Å². The Hall–Kier alpha value is -2.32. The minimum absolute atomic E-state index is 0.224. The number of anilines is 2. The summed E-state index contributed by atoms with van der Waals surface area (Å²) in [7, 11) is 0. The standard InChI is InChI=1S/C19H28N4O4/c1-13-6-7-14(20-16(24)22-11-26-9-18(22,2)3)8-15(13)21-17(25)23-12-27-10-19(23,4)5/h6-8H,9-12H2,1-5H3,(H,20,24)(H,21,25). The van der Waals surface area contributed by atoms with Crippen LogP contribution in [0.25, 0.3) is 0 Å². The average molecular weight is 376 g/mol. The number of carbonyl (C=O) groups excluding carboxylic acids is 2. The first kappa shape index (κ1) is 19.4. The summed E-state index contributed by atoms with van der Waals surface area (Å²) in [6.07, 6.45) is 0. The second kappa shape index (κ2) is 7.01. The number of ether oxygens (including phenoxy) is 2. The van der Waals surface area contributed by atoms with E-state index >= 15 is 0 Å². The van der Waals surface area contributed by atoms with Gasteiger partial charge in [0.2, 0.25) is 0 Å². The van der Waals surface area contributed by atoms with Gasteiger partial charge in [0.15, 0.2) is 0 Å². The molecule has 2 saturated heterocycles. The number of carbonyl (C=O) groups is 2. The number of hydrogen-bond donors (Lipinski definition) is 2. The van der Waals surface area contributed by atoms with Gasteiger partial charge >= 0.3 is 12.1 Å². The number of aryl methyl sites for hydroxylation is 1. The first-order valence-electron chi connectivity index (χ1n) is 9.03. The van der Waals surface area contributed by atoms with Crippen LogP contribution in [0.5, 0.6) is 0 Å². The molecule has 2 aliphatic heterocycles. The highest BCUT2D eigenvalue weighted by Gasteiger charge is 2.37. The van der Waals surface area contributed by atoms with Crippen LogP contribution in [0.3, 0.4) is 0 Å². The molecule has 0 radical (unpaired) electrons. The van der Waals surface area contributed by atoms with Crippen molar-refractivity contribution in [2.24, 2.45) is 0 Å². The highest BCUT2D eigenvalue weighted by molar-refractivity contribution is 5.94. The van der Waals surface area contributed by atoms with Gasteiger partial charge in [-0.3, -0.25) is 9.80 Å². The molecule has 0 unspecified atom stereocenters. The lowest BCUT2D eigenvalue weighted by Crippen LogP contribution is -2.46. The molecule has 1 aromatic carbocycles. The molecule has 2 heterocycles. The molecule has 0 spiro atoms. The Morgan fingerprint density at radius 1 is 0.926 bits per heavy atom. The number of nitrogens with one attached hydrogen (secondary N) is 2. The highest BCUT2D eigenvalue weighted by atomic mass is 16.5. The Kier molecular flexibility index (Phi) is 5.05. The summed E-state index contributed by atoms with van der Waals surface area (Å²) in [5.74, 6) is 0. The monoisotopic (exact) mass is 376 g/mol. The van der Waals surface area contributed by atoms with Crippen LogP contribution < -0.4 is 10.6 Å². The normalized spacial score (nSPS) is 20.6. The van der Waals surface area contributed by atoms with Crippen molar-refractivity contribution in [3.63, 3.8) is 0 Å². The van der Waals surface area contributed by atoms with E-state index in [1.54, 1.807) is 15.9 Å². The molecule has 3 rings (SSSR count). The van der Waals surface area contributed by atoms with Crippen LogP contribution in [-0.4, -0.2) is 59.6 Å². The Balaban J connectivity index is 1.71. The average Bonchev–Trinajstić information content (AvgIpc) is 3.11. The topological polar surface area (TPSA) is 83.1 Å². The third-order valence-electron chi connectivity index (χ3n) is 5.03. The fraction of sp³-hybridized carbons (Fsp3) is 0.579. The highest BCUT2D eigenvalue weighted by Crippen LogP contribution is 2.27. The predicted molar refractivity (Wildman–Crippen MR) is 103 cm³/mol. The molecular weight excluding hydrogens is 348 g/mol. The maximum absolute atomic E-state index is 12.6. The smallest absolute Gasteiger partial charge is 0.324 e. The zero-order valence-corrected chi connectivity index (χ0v) is 16.6. The van der Waals surface area contributed by atoms with Gasteiger partial charge in [0.25, 0.3) is 0 Å². The van der Waals surface area contributed by atoms with Gasteiger partial charge in [0, 0.05) is 11.4 Å². The van der Waals surface area contributed by atoms with Crippen molar-refractivity contribution in [3.05, 3.63) is 23.8 Å². The Bertz CT molecular complexity index is 747. The van der Waals surface area contributed by atoms with Gasteiger partial charge in [-0.15, -0.1) is 0 Å². The molecule has 0 atom stereocenters. The third kappa shape index (κ3) is 4.01. The summed E-state index contributed by atoms with van der Waals surface area (Å²) < 4.78 is 10.8. The number of amides is 4. The van der Waals surface area contributed by atoms with Crippen molar-refractivity contribution >= 4 is 23.4 Å². The molecule has 4 amide bonds. The minimum Gasteiger partial charge on any atom is -0.359 e. The first-order chi connectivity index (χ1) is 12.6. The van der Waals surface area contributed by atoms with Gasteiger partial charge in [-0.05, 0) is 52.3 Å². The van der Waals surface area contributed by atoms with E-state index in [4.69, 9.17) is 9.47 Å². The molecule has 0 bridgehead atoms. The van der Waals surface area contributed by atoms with Crippen molar-refractivity contribution in [3.8, 4) is 0 Å². The lowest BCUT2D eigenvalue weighted by atomic mass is 10.1. The van der Waals surface area contributed by atoms with Crippen molar-refractivity contribution in [1.82, 2.24) is 9.80 Å². The van der Waals surface area contributed by atoms with Crippen molar-refractivity contribution in [2.45, 2.75) is 45.7 Å². The lowest BCUT2D eigenvalue weighted by molar-refractivity contribution is 0.146. The molecule has 2 fully saturated rings. The quantitative estimate of drug-likeness (QED) is 0.830. The summed E-state index contributed by atoms with van der Waals surface area (Å²) in [5.41, 5.74) is 1.46. The summed E-state index contributed by atoms with van der Waals surface area (Å²) in [6.45, 7) is 11.3. The third-order valence-corrected chi connectivity index (χ3v) is 5.03. The molecule has 8 heteroatoms. The van der Waals surface area contributed by atoms with Crippen molar-refractivity contribution < 1.29 is 19.1 Å². The van der Waals surface area contributed by atoms with Gasteiger partial charge in [0.1, 0.15) is 13.5 Å². The van der Waals surface area contributed by atoms with E-state index in [0.717, 1.165) is 5.56 Å². The van der Waals surface area contributed by atoms with Crippen LogP contribution in [0.1, 0.15) is 33.3 Å². The molecule has 8 nitrogen and oxygen atoms in total. The molecule has 148 valence electrons. The zero-order valence-electron chi connectivity index (χ0n) is 16.6. The van der Waals surface area contributed by atoms with E-state index in [9.17, 15) is 9.59 Å². The van der Waals surface area contributed by atoms with Crippen LogP contribution in [0.4, 0.5) is 21.0 Å². The molecule has 2 aliphatic rings. The Labute approximate surface area is 159 Å². The molecule has 27 heavy (non-hydrogen) atoms. The van der Waals surface area contributed by atoms with Crippen LogP contribution in [0, 0.1) is 6.92 Å². The fourth-order valence-electron chi connectivity index (χ4n) is 3.15. The Morgan fingerprint density at radius 3 is 1.93 bits per heavy atom. The van der Waals surface area contributed by atoms with E-state index in [1.165, 1.54) is 0 Å². The SMILES string of the molecule is Cc1ccc(NC(=O)N2COCC2(C)C)cc1NC(=O)N1COCC1(C)C. The van der Waals surface area contributed by atoms with Crippen LogP contribution in [0.2, 0.25) is 0 Å². The first-order valence-corrected chi connectivity index (χ1v) is 9.03. The van der Waals surface area contributed by atoms with Crippen LogP contribution in [-0.2, 0) is 9.47 Å². The number of nitrogens with zero attached hydrogens (tertiary/aromatic N) is 2. The van der Waals surface area contributed by atoms with Gasteiger partial charge < -0.3 is 20.1 Å². The summed E-state index contributed by atoms with van der Waals surface area (Å²) in [6, 6.07) is 4.99. The van der Waals surface area contributed by atoms with E-state index < -0.39 is 0 Å². The molecule has 2 N–H and O–H groups in total. The van der Waals surface area contributed by atoms with Crippen molar-refractivity contribution in [2.75, 3.05) is 37.3 Å². The maximum Gasteiger partial charge on any atom is 0.324 e. The molecule has 0 aliphatic carbocycles. The second-order valence-corrected chi connectivity index (χ2v) is 8.33. The number of rotatable bonds is 2. The van der Waals surface area contributed by atoms with Gasteiger partial charge in [-0.2, -0.15) is 0 Å². The number of benzene rings is 1. The van der Waals surface area contributed by atoms with Gasteiger partial charge in [-0.25, -0.2) is 9.59 Å². The van der Waals surface area contributed by atoms with Crippen LogP contribution >= 0.6 is 0 Å².